The van der Waals surface area contributed by atoms with Crippen molar-refractivity contribution in [3.63, 3.8) is 0 Å². The molecular formula is C30H55N3O4. The second-order valence-electron chi connectivity index (χ2n) is 13.6. The van der Waals surface area contributed by atoms with Gasteiger partial charge in [-0.3, -0.25) is 0 Å². The van der Waals surface area contributed by atoms with Gasteiger partial charge in [0.2, 0.25) is 0 Å². The molecule has 7 nitrogen and oxygen atoms in total. The van der Waals surface area contributed by atoms with E-state index in [0.717, 1.165) is 71.0 Å². The molecule has 4 aliphatic rings. The monoisotopic (exact) mass is 521 g/mol. The molecular weight excluding hydrogens is 466 g/mol. The Bertz CT molecular complexity index is 752. The molecule has 4 aliphatic carbocycles. The standard InChI is InChI=1S/C30H55N3O4/c1-20(19-37-28(36)33-16-6-15-32-14-5-4-13-31)23-7-8-24-27-25(10-12-30(23,24)3)29(2)11-9-22(34)17-21(29)18-26(27)35/h20-27,32,34-35H,4-19,31H2,1-3H3,(H,33,36)/t20-,21-,22-,23-,24+,25+,26-,27+,29+,30-/m1/s1. The van der Waals surface area contributed by atoms with Crippen LogP contribution in [0.2, 0.25) is 0 Å². The molecule has 214 valence electrons. The van der Waals surface area contributed by atoms with E-state index in [-0.39, 0.29) is 29.1 Å². The highest BCUT2D eigenvalue weighted by molar-refractivity contribution is 5.67. The summed E-state index contributed by atoms with van der Waals surface area (Å²) >= 11 is 0. The summed E-state index contributed by atoms with van der Waals surface area (Å²) in [4.78, 5) is 12.3. The molecule has 0 bridgehead atoms. The van der Waals surface area contributed by atoms with Gasteiger partial charge in [-0.1, -0.05) is 20.8 Å². The normalized spacial score (nSPS) is 41.8. The van der Waals surface area contributed by atoms with E-state index in [1.807, 2.05) is 0 Å². The van der Waals surface area contributed by atoms with E-state index in [1.54, 1.807) is 0 Å². The number of unbranched alkanes of at least 4 members (excludes halogenated alkanes) is 1. The zero-order chi connectivity index (χ0) is 26.6. The highest BCUT2D eigenvalue weighted by Gasteiger charge is 2.62. The third kappa shape index (κ3) is 6.15. The quantitative estimate of drug-likeness (QED) is 0.262. The first-order valence-electron chi connectivity index (χ1n) is 15.4. The Hall–Kier alpha value is -0.890. The molecule has 0 aromatic rings. The van der Waals surface area contributed by atoms with Gasteiger partial charge in [0.1, 0.15) is 0 Å². The fourth-order valence-electron chi connectivity index (χ4n) is 9.47. The molecule has 0 radical (unpaired) electrons. The number of hydrogen-bond acceptors (Lipinski definition) is 6. The van der Waals surface area contributed by atoms with Crippen molar-refractivity contribution >= 4 is 6.09 Å². The Kier molecular flexibility index (Phi) is 9.85. The Labute approximate surface area is 225 Å². The fraction of sp³-hybridized carbons (Fsp3) is 0.967. The number of carbonyl (C=O) groups excluding carboxylic acids is 1. The maximum absolute atomic E-state index is 12.3. The van der Waals surface area contributed by atoms with E-state index in [4.69, 9.17) is 10.5 Å². The van der Waals surface area contributed by atoms with E-state index in [2.05, 4.69) is 31.4 Å². The Morgan fingerprint density at radius 2 is 1.70 bits per heavy atom. The number of ether oxygens (including phenoxy) is 1. The average molecular weight is 522 g/mol. The summed E-state index contributed by atoms with van der Waals surface area (Å²) < 4.78 is 5.67. The molecule has 37 heavy (non-hydrogen) atoms. The number of aliphatic hydroxyl groups is 2. The zero-order valence-corrected chi connectivity index (χ0v) is 23.7. The van der Waals surface area contributed by atoms with Gasteiger partial charge in [0.25, 0.3) is 0 Å². The van der Waals surface area contributed by atoms with Crippen LogP contribution in [0.4, 0.5) is 4.79 Å². The van der Waals surface area contributed by atoms with Gasteiger partial charge >= 0.3 is 6.09 Å². The molecule has 6 N–H and O–H groups in total. The van der Waals surface area contributed by atoms with E-state index in [0.29, 0.717) is 48.7 Å². The van der Waals surface area contributed by atoms with Crippen molar-refractivity contribution in [2.24, 2.45) is 52.1 Å². The van der Waals surface area contributed by atoms with Gasteiger partial charge in [-0.15, -0.1) is 0 Å². The Morgan fingerprint density at radius 3 is 2.49 bits per heavy atom. The van der Waals surface area contributed by atoms with Crippen molar-refractivity contribution in [1.82, 2.24) is 10.6 Å². The molecule has 10 atom stereocenters. The number of nitrogens with one attached hydrogen (secondary N) is 2. The van der Waals surface area contributed by atoms with Crippen LogP contribution in [0, 0.1) is 46.3 Å². The molecule has 4 fully saturated rings. The van der Waals surface area contributed by atoms with Gasteiger partial charge in [-0.25, -0.2) is 4.79 Å². The summed E-state index contributed by atoms with van der Waals surface area (Å²) in [7, 11) is 0. The molecule has 0 heterocycles. The lowest BCUT2D eigenvalue weighted by molar-refractivity contribution is -0.174. The van der Waals surface area contributed by atoms with Crippen molar-refractivity contribution in [2.45, 2.75) is 104 Å². The summed E-state index contributed by atoms with van der Waals surface area (Å²) in [5.41, 5.74) is 5.97. The number of carbonyl (C=O) groups is 1. The Morgan fingerprint density at radius 1 is 0.973 bits per heavy atom. The molecule has 0 unspecified atom stereocenters. The van der Waals surface area contributed by atoms with Crippen LogP contribution in [-0.2, 0) is 4.74 Å². The van der Waals surface area contributed by atoms with Crippen LogP contribution in [0.15, 0.2) is 0 Å². The molecule has 0 aromatic heterocycles. The van der Waals surface area contributed by atoms with Gasteiger partial charge in [-0.2, -0.15) is 0 Å². The van der Waals surface area contributed by atoms with Gasteiger partial charge in [0.15, 0.2) is 0 Å². The molecule has 4 saturated carbocycles. The van der Waals surface area contributed by atoms with Crippen molar-refractivity contribution < 1.29 is 19.7 Å². The third-order valence-electron chi connectivity index (χ3n) is 11.5. The van der Waals surface area contributed by atoms with E-state index >= 15 is 0 Å². The number of fused-ring (bicyclic) bond motifs is 5. The van der Waals surface area contributed by atoms with Gasteiger partial charge in [0.05, 0.1) is 18.8 Å². The first kappa shape index (κ1) is 29.1. The number of rotatable bonds is 11. The predicted molar refractivity (Wildman–Crippen MR) is 147 cm³/mol. The lowest BCUT2D eigenvalue weighted by atomic mass is 9.43. The van der Waals surface area contributed by atoms with Crippen molar-refractivity contribution in [3.8, 4) is 0 Å². The van der Waals surface area contributed by atoms with Crippen LogP contribution < -0.4 is 16.4 Å². The van der Waals surface area contributed by atoms with Crippen LogP contribution in [-0.4, -0.2) is 61.3 Å². The lowest BCUT2D eigenvalue weighted by Gasteiger charge is -2.62. The van der Waals surface area contributed by atoms with Crippen molar-refractivity contribution in [1.29, 1.82) is 0 Å². The molecule has 0 aliphatic heterocycles. The van der Waals surface area contributed by atoms with E-state index in [1.165, 1.54) is 19.3 Å². The topological polar surface area (TPSA) is 117 Å². The SMILES string of the molecule is C[C@H](COC(=O)NCCCNCCCCN)[C@H]1CC[C@H]2[C@@H]3[C@H](O)C[C@H]4C[C@H](O)CC[C@]4(C)[C@H]3CC[C@]12C. The van der Waals surface area contributed by atoms with Crippen LogP contribution in [0.5, 0.6) is 0 Å². The summed E-state index contributed by atoms with van der Waals surface area (Å²) in [5.74, 6) is 2.78. The Balaban J connectivity index is 1.25. The van der Waals surface area contributed by atoms with Crippen LogP contribution in [0.3, 0.4) is 0 Å². The van der Waals surface area contributed by atoms with E-state index < -0.39 is 0 Å². The maximum Gasteiger partial charge on any atom is 0.407 e. The van der Waals surface area contributed by atoms with Crippen molar-refractivity contribution in [3.05, 3.63) is 0 Å². The number of amides is 1. The molecule has 0 aromatic carbocycles. The maximum atomic E-state index is 12.3. The second kappa shape index (κ2) is 12.5. The summed E-state index contributed by atoms with van der Waals surface area (Å²) in [6, 6.07) is 0. The smallest absolute Gasteiger partial charge is 0.407 e. The molecule has 0 saturated heterocycles. The van der Waals surface area contributed by atoms with Crippen LogP contribution in [0.1, 0.15) is 91.4 Å². The van der Waals surface area contributed by atoms with E-state index in [9.17, 15) is 15.0 Å². The number of alkyl carbamates (subject to hydrolysis) is 1. The van der Waals surface area contributed by atoms with Gasteiger partial charge < -0.3 is 31.3 Å². The minimum Gasteiger partial charge on any atom is -0.449 e. The highest BCUT2D eigenvalue weighted by Crippen LogP contribution is 2.68. The summed E-state index contributed by atoms with van der Waals surface area (Å²) in [6.07, 6.45) is 10.8. The zero-order valence-electron chi connectivity index (χ0n) is 23.7. The molecule has 0 spiro atoms. The summed E-state index contributed by atoms with van der Waals surface area (Å²) in [5, 5.41) is 28.0. The minimum atomic E-state index is -0.306. The molecule has 1 amide bonds. The third-order valence-corrected chi connectivity index (χ3v) is 11.5. The minimum absolute atomic E-state index is 0.187. The number of hydrogen-bond donors (Lipinski definition) is 5. The first-order chi connectivity index (χ1) is 17.7. The highest BCUT2D eigenvalue weighted by atomic mass is 16.5. The largest absolute Gasteiger partial charge is 0.449 e. The average Bonchev–Trinajstić information content (AvgIpc) is 3.22. The van der Waals surface area contributed by atoms with Gasteiger partial charge in [0, 0.05) is 6.54 Å². The second-order valence-corrected chi connectivity index (χ2v) is 13.6. The predicted octanol–water partition coefficient (Wildman–Crippen LogP) is 4.06. The molecule has 7 heteroatoms. The van der Waals surface area contributed by atoms with Crippen LogP contribution in [0.25, 0.3) is 0 Å². The van der Waals surface area contributed by atoms with Gasteiger partial charge in [-0.05, 0) is 137 Å². The summed E-state index contributed by atoms with van der Waals surface area (Å²) in [6.45, 7) is 10.9. The van der Waals surface area contributed by atoms with Crippen molar-refractivity contribution in [2.75, 3.05) is 32.8 Å². The molecule has 4 rings (SSSR count). The number of nitrogens with two attached hydrogens (primary N) is 1. The number of aliphatic hydroxyl groups excluding tert-OH is 2. The fourth-order valence-corrected chi connectivity index (χ4v) is 9.47. The first-order valence-corrected chi connectivity index (χ1v) is 15.4. The lowest BCUT2D eigenvalue weighted by Crippen LogP contribution is -2.58. The van der Waals surface area contributed by atoms with Crippen LogP contribution >= 0.6 is 0 Å².